The monoisotopic (exact) mass is 280 g/mol. The topological polar surface area (TPSA) is 110 Å². The van der Waals surface area contributed by atoms with E-state index in [1.54, 1.807) is 0 Å². The Morgan fingerprint density at radius 1 is 1.50 bits per heavy atom. The van der Waals surface area contributed by atoms with Gasteiger partial charge in [0.05, 0.1) is 16.7 Å². The molecule has 0 spiro atoms. The minimum Gasteiger partial charge on any atom is -0.480 e. The number of fused-ring (bicyclic) bond motifs is 1. The summed E-state index contributed by atoms with van der Waals surface area (Å²) < 4.78 is 5.45. The van der Waals surface area contributed by atoms with Gasteiger partial charge in [-0.3, -0.25) is 24.6 Å². The molecule has 0 radical (unpaired) electrons. The third-order valence-corrected chi connectivity index (χ3v) is 2.86. The van der Waals surface area contributed by atoms with E-state index < -0.39 is 28.9 Å². The fraction of sp³-hybridized carbons (Fsp3) is 0.333. The summed E-state index contributed by atoms with van der Waals surface area (Å²) in [6.45, 7) is 2.42. The van der Waals surface area contributed by atoms with Crippen LogP contribution >= 0.6 is 0 Å². The Morgan fingerprint density at radius 3 is 2.70 bits per heavy atom. The quantitative estimate of drug-likeness (QED) is 0.657. The third-order valence-electron chi connectivity index (χ3n) is 2.86. The van der Waals surface area contributed by atoms with Gasteiger partial charge in [-0.1, -0.05) is 0 Å². The molecule has 2 rings (SSSR count). The molecular weight excluding hydrogens is 268 g/mol. The molecule has 1 aromatic rings. The number of non-ortho nitro benzene ring substituents is 1. The molecule has 8 nitrogen and oxygen atoms in total. The number of carboxylic acids is 1. The van der Waals surface area contributed by atoms with Crippen LogP contribution in [0.4, 0.5) is 11.4 Å². The zero-order valence-electron chi connectivity index (χ0n) is 10.8. The maximum Gasteiger partial charge on any atom is 0.323 e. The predicted molar refractivity (Wildman–Crippen MR) is 67.8 cm³/mol. The van der Waals surface area contributed by atoms with Crippen LogP contribution in [0.25, 0.3) is 0 Å². The van der Waals surface area contributed by atoms with E-state index in [1.807, 2.05) is 0 Å². The van der Waals surface area contributed by atoms with Crippen molar-refractivity contribution >= 4 is 23.3 Å². The predicted octanol–water partition coefficient (Wildman–Crippen LogP) is 1.18. The molecule has 0 aliphatic carbocycles. The molecule has 0 bridgehead atoms. The third kappa shape index (κ3) is 2.27. The van der Waals surface area contributed by atoms with Gasteiger partial charge in [0.1, 0.15) is 6.54 Å². The van der Waals surface area contributed by atoms with Crippen LogP contribution in [0.2, 0.25) is 0 Å². The largest absolute Gasteiger partial charge is 0.480 e. The Balaban J connectivity index is 2.54. The van der Waals surface area contributed by atoms with Crippen molar-refractivity contribution in [3.8, 4) is 5.75 Å². The molecule has 1 N–H and O–H groups in total. The van der Waals surface area contributed by atoms with E-state index in [9.17, 15) is 19.7 Å². The van der Waals surface area contributed by atoms with Gasteiger partial charge in [0.25, 0.3) is 11.6 Å². The van der Waals surface area contributed by atoms with E-state index in [1.165, 1.54) is 32.0 Å². The van der Waals surface area contributed by atoms with Crippen molar-refractivity contribution in [2.45, 2.75) is 19.4 Å². The van der Waals surface area contributed by atoms with E-state index >= 15 is 0 Å². The zero-order chi connectivity index (χ0) is 15.1. The lowest BCUT2D eigenvalue weighted by atomic mass is 10.0. The number of carbonyl (C=O) groups excluding carboxylic acids is 1. The van der Waals surface area contributed by atoms with Crippen LogP contribution in [0.15, 0.2) is 18.2 Å². The van der Waals surface area contributed by atoms with Crippen molar-refractivity contribution in [1.82, 2.24) is 0 Å². The highest BCUT2D eigenvalue weighted by Gasteiger charge is 2.42. The van der Waals surface area contributed by atoms with Gasteiger partial charge >= 0.3 is 5.97 Å². The van der Waals surface area contributed by atoms with Crippen molar-refractivity contribution < 1.29 is 24.4 Å². The number of carboxylic acid groups (broad SMARTS) is 1. The number of nitrogens with zero attached hydrogens (tertiary/aromatic N) is 2. The van der Waals surface area contributed by atoms with Crippen molar-refractivity contribution in [1.29, 1.82) is 0 Å². The van der Waals surface area contributed by atoms with Crippen LogP contribution in [0.3, 0.4) is 0 Å². The molecule has 8 heteroatoms. The first-order valence-corrected chi connectivity index (χ1v) is 5.73. The molecule has 0 aromatic heterocycles. The number of hydrogen-bond acceptors (Lipinski definition) is 5. The molecule has 1 aliphatic heterocycles. The molecule has 1 aliphatic rings. The lowest BCUT2D eigenvalue weighted by molar-refractivity contribution is -0.385. The number of nitro benzene ring substituents is 1. The number of carbonyl (C=O) groups is 2. The number of aliphatic carboxylic acids is 1. The minimum atomic E-state index is -1.28. The van der Waals surface area contributed by atoms with Gasteiger partial charge in [-0.05, 0) is 19.9 Å². The molecule has 106 valence electrons. The molecule has 0 fully saturated rings. The van der Waals surface area contributed by atoms with Crippen LogP contribution in [-0.4, -0.2) is 34.1 Å². The highest BCUT2D eigenvalue weighted by molar-refractivity contribution is 6.05. The van der Waals surface area contributed by atoms with Crippen LogP contribution in [0.1, 0.15) is 13.8 Å². The summed E-state index contributed by atoms with van der Waals surface area (Å²) in [6, 6.07) is 3.69. The second-order valence-corrected chi connectivity index (χ2v) is 4.81. The first-order valence-electron chi connectivity index (χ1n) is 5.73. The second kappa shape index (κ2) is 4.48. The summed E-state index contributed by atoms with van der Waals surface area (Å²) in [5, 5.41) is 19.6. The van der Waals surface area contributed by atoms with Crippen molar-refractivity contribution in [3.63, 3.8) is 0 Å². The van der Waals surface area contributed by atoms with Gasteiger partial charge in [-0.15, -0.1) is 0 Å². The lowest BCUT2D eigenvalue weighted by Crippen LogP contribution is -2.53. The SMILES string of the molecule is CC1(C)Oc2cc([N+](=O)[O-])ccc2N(CC(=O)O)C1=O. The number of nitro groups is 1. The van der Waals surface area contributed by atoms with Crippen molar-refractivity contribution in [2.24, 2.45) is 0 Å². The van der Waals surface area contributed by atoms with Gasteiger partial charge in [-0.25, -0.2) is 0 Å². The van der Waals surface area contributed by atoms with Crippen molar-refractivity contribution in [2.75, 3.05) is 11.4 Å². The number of ether oxygens (including phenoxy) is 1. The summed E-state index contributed by atoms with van der Waals surface area (Å²) in [5.41, 5.74) is -1.26. The Kier molecular flexibility index (Phi) is 3.09. The summed E-state index contributed by atoms with van der Waals surface area (Å²) in [5.74, 6) is -1.58. The molecule has 0 atom stereocenters. The number of anilines is 1. The van der Waals surface area contributed by atoms with Crippen LogP contribution in [0, 0.1) is 10.1 Å². The molecule has 20 heavy (non-hydrogen) atoms. The van der Waals surface area contributed by atoms with E-state index in [0.717, 1.165) is 4.90 Å². The Labute approximate surface area is 113 Å². The fourth-order valence-electron chi connectivity index (χ4n) is 1.97. The van der Waals surface area contributed by atoms with Gasteiger partial charge in [0.15, 0.2) is 11.4 Å². The van der Waals surface area contributed by atoms with E-state index in [4.69, 9.17) is 9.84 Å². The number of benzene rings is 1. The summed E-state index contributed by atoms with van der Waals surface area (Å²) in [7, 11) is 0. The normalized spacial score (nSPS) is 16.3. The Morgan fingerprint density at radius 2 is 2.15 bits per heavy atom. The average Bonchev–Trinajstić information content (AvgIpc) is 2.33. The molecule has 0 saturated carbocycles. The standard InChI is InChI=1S/C12H12N2O6/c1-12(2)11(17)13(6-10(15)16)8-4-3-7(14(18)19)5-9(8)20-12/h3-5H,6H2,1-2H3,(H,15,16). The van der Waals surface area contributed by atoms with Gasteiger partial charge in [0, 0.05) is 6.07 Å². The van der Waals surface area contributed by atoms with E-state index in [-0.39, 0.29) is 17.1 Å². The minimum absolute atomic E-state index is 0.116. The fourth-order valence-corrected chi connectivity index (χ4v) is 1.97. The maximum absolute atomic E-state index is 12.2. The van der Waals surface area contributed by atoms with Gasteiger partial charge in [-0.2, -0.15) is 0 Å². The number of hydrogen-bond donors (Lipinski definition) is 1. The molecule has 1 amide bonds. The van der Waals surface area contributed by atoms with Crippen LogP contribution in [-0.2, 0) is 9.59 Å². The summed E-state index contributed by atoms with van der Waals surface area (Å²) in [4.78, 5) is 34.2. The maximum atomic E-state index is 12.2. The van der Waals surface area contributed by atoms with Crippen molar-refractivity contribution in [3.05, 3.63) is 28.3 Å². The highest BCUT2D eigenvalue weighted by Crippen LogP contribution is 2.39. The number of amides is 1. The van der Waals surface area contributed by atoms with Crippen LogP contribution < -0.4 is 9.64 Å². The average molecular weight is 280 g/mol. The van der Waals surface area contributed by atoms with Gasteiger partial charge in [0.2, 0.25) is 0 Å². The Hall–Kier alpha value is -2.64. The lowest BCUT2D eigenvalue weighted by Gasteiger charge is -2.37. The van der Waals surface area contributed by atoms with E-state index in [2.05, 4.69) is 0 Å². The summed E-state index contributed by atoms with van der Waals surface area (Å²) in [6.07, 6.45) is 0. The molecule has 1 aromatic carbocycles. The molecule has 0 saturated heterocycles. The number of rotatable bonds is 3. The molecular formula is C12H12N2O6. The zero-order valence-corrected chi connectivity index (χ0v) is 10.8. The van der Waals surface area contributed by atoms with Crippen LogP contribution in [0.5, 0.6) is 5.75 Å². The summed E-state index contributed by atoms with van der Waals surface area (Å²) >= 11 is 0. The Bertz CT molecular complexity index is 610. The molecule has 0 unspecified atom stereocenters. The van der Waals surface area contributed by atoms with Gasteiger partial charge < -0.3 is 9.84 Å². The second-order valence-electron chi connectivity index (χ2n) is 4.81. The first-order chi connectivity index (χ1) is 9.22. The van der Waals surface area contributed by atoms with E-state index in [0.29, 0.717) is 0 Å². The highest BCUT2D eigenvalue weighted by atomic mass is 16.6. The first kappa shape index (κ1) is 13.8. The molecule has 1 heterocycles. The smallest absolute Gasteiger partial charge is 0.323 e.